The monoisotopic (exact) mass is 439 g/mol. The van der Waals surface area contributed by atoms with Crippen molar-refractivity contribution in [3.8, 4) is 11.4 Å². The average Bonchev–Trinajstić information content (AvgIpc) is 3.24. The number of amides is 1. The number of para-hydroxylation sites is 2. The molecular formula is C23H22ClN3O2S. The van der Waals surface area contributed by atoms with Crippen LogP contribution in [0.4, 0.5) is 0 Å². The van der Waals surface area contributed by atoms with Gasteiger partial charge in [0.2, 0.25) is 0 Å². The second-order valence-electron chi connectivity index (χ2n) is 7.21. The Morgan fingerprint density at radius 1 is 1.20 bits per heavy atom. The summed E-state index contributed by atoms with van der Waals surface area (Å²) in [6, 6.07) is 15.6. The lowest BCUT2D eigenvalue weighted by molar-refractivity contribution is 0.0785. The zero-order valence-electron chi connectivity index (χ0n) is 17.3. The molecule has 0 fully saturated rings. The van der Waals surface area contributed by atoms with E-state index in [1.54, 1.807) is 18.1 Å². The Labute approximate surface area is 184 Å². The van der Waals surface area contributed by atoms with E-state index in [4.69, 9.17) is 16.3 Å². The van der Waals surface area contributed by atoms with Gasteiger partial charge in [0.25, 0.3) is 5.91 Å². The van der Waals surface area contributed by atoms with E-state index in [-0.39, 0.29) is 5.91 Å². The van der Waals surface area contributed by atoms with Crippen molar-refractivity contribution in [3.63, 3.8) is 0 Å². The largest absolute Gasteiger partial charge is 0.495 e. The van der Waals surface area contributed by atoms with Crippen molar-refractivity contribution >= 4 is 39.1 Å². The Bertz CT molecular complexity index is 1240. The number of aryl methyl sites for hydroxylation is 1. The number of carbonyl (C=O) groups excluding carboxylic acids is 1. The summed E-state index contributed by atoms with van der Waals surface area (Å²) in [6.45, 7) is 4.63. The molecule has 154 valence electrons. The molecule has 30 heavy (non-hydrogen) atoms. The number of thiazole rings is 1. The highest BCUT2D eigenvalue weighted by atomic mass is 35.5. The van der Waals surface area contributed by atoms with Crippen LogP contribution in [0, 0.1) is 13.8 Å². The van der Waals surface area contributed by atoms with Crippen LogP contribution in [-0.4, -0.2) is 34.5 Å². The molecule has 2 aromatic carbocycles. The maximum absolute atomic E-state index is 13.0. The fourth-order valence-corrected chi connectivity index (χ4v) is 4.77. The molecule has 0 saturated heterocycles. The molecule has 2 aromatic heterocycles. The van der Waals surface area contributed by atoms with Crippen LogP contribution in [0.3, 0.4) is 0 Å². The number of carbonyl (C=O) groups is 1. The van der Waals surface area contributed by atoms with E-state index in [1.165, 1.54) is 11.3 Å². The summed E-state index contributed by atoms with van der Waals surface area (Å²) >= 11 is 7.40. The normalized spacial score (nSPS) is 11.1. The van der Waals surface area contributed by atoms with Crippen LogP contribution in [0.1, 0.15) is 27.3 Å². The summed E-state index contributed by atoms with van der Waals surface area (Å²) in [4.78, 5) is 19.0. The molecule has 0 atom stereocenters. The minimum absolute atomic E-state index is 0.0527. The Morgan fingerprint density at radius 3 is 2.73 bits per heavy atom. The molecule has 0 spiro atoms. The van der Waals surface area contributed by atoms with Crippen LogP contribution in [0.2, 0.25) is 4.47 Å². The molecule has 0 saturated carbocycles. The van der Waals surface area contributed by atoms with E-state index < -0.39 is 0 Å². The highest BCUT2D eigenvalue weighted by Gasteiger charge is 2.18. The summed E-state index contributed by atoms with van der Waals surface area (Å²) in [5.74, 6) is 0.758. The van der Waals surface area contributed by atoms with Crippen LogP contribution in [0.15, 0.2) is 48.5 Å². The Morgan fingerprint density at radius 2 is 1.97 bits per heavy atom. The van der Waals surface area contributed by atoms with Gasteiger partial charge in [-0.3, -0.25) is 4.79 Å². The molecule has 4 aromatic rings. The molecule has 0 unspecified atom stereocenters. The van der Waals surface area contributed by atoms with Crippen LogP contribution in [-0.2, 0) is 6.54 Å². The topological polar surface area (TPSA) is 47.4 Å². The molecule has 0 bridgehead atoms. The van der Waals surface area contributed by atoms with Crippen LogP contribution >= 0.6 is 22.9 Å². The van der Waals surface area contributed by atoms with Crippen molar-refractivity contribution in [2.75, 3.05) is 14.2 Å². The number of ether oxygens (including phenoxy) is 1. The smallest absolute Gasteiger partial charge is 0.253 e. The van der Waals surface area contributed by atoms with Gasteiger partial charge in [-0.25, -0.2) is 4.98 Å². The first-order chi connectivity index (χ1) is 14.4. The lowest BCUT2D eigenvalue weighted by Gasteiger charge is -2.18. The first-order valence-electron chi connectivity index (χ1n) is 9.52. The first-order valence-corrected chi connectivity index (χ1v) is 10.7. The molecule has 0 aliphatic heterocycles. The molecule has 0 radical (unpaired) electrons. The molecule has 0 aliphatic rings. The van der Waals surface area contributed by atoms with E-state index in [1.807, 2.05) is 43.4 Å². The molecular weight excluding hydrogens is 418 g/mol. The number of rotatable bonds is 5. The number of halogens is 1. The number of nitrogens with zero attached hydrogens (tertiary/aromatic N) is 3. The van der Waals surface area contributed by atoms with E-state index >= 15 is 0 Å². The first kappa shape index (κ1) is 20.4. The van der Waals surface area contributed by atoms with Crippen molar-refractivity contribution in [1.82, 2.24) is 14.5 Å². The number of benzene rings is 2. The molecule has 2 heterocycles. The van der Waals surface area contributed by atoms with Crippen LogP contribution in [0.25, 0.3) is 15.9 Å². The third-order valence-corrected chi connectivity index (χ3v) is 6.37. The van der Waals surface area contributed by atoms with Gasteiger partial charge < -0.3 is 14.2 Å². The van der Waals surface area contributed by atoms with Crippen molar-refractivity contribution < 1.29 is 9.53 Å². The Hall–Kier alpha value is -2.83. The standard InChI is InChI=1S/C23H22ClN3O2S/c1-14-11-17(15(2)27(14)19-7-5-6-8-20(19)29-4)13-26(3)22(28)16-9-10-21-18(12-16)25-23(24)30-21/h5-12H,13H2,1-4H3. The predicted molar refractivity (Wildman–Crippen MR) is 122 cm³/mol. The number of hydrogen-bond acceptors (Lipinski definition) is 4. The van der Waals surface area contributed by atoms with Crippen molar-refractivity contribution in [1.29, 1.82) is 0 Å². The van der Waals surface area contributed by atoms with Crippen LogP contribution in [0.5, 0.6) is 5.75 Å². The van der Waals surface area contributed by atoms with Gasteiger partial charge in [-0.2, -0.15) is 0 Å². The second-order valence-corrected chi connectivity index (χ2v) is 8.83. The van der Waals surface area contributed by atoms with Crippen molar-refractivity contribution in [2.45, 2.75) is 20.4 Å². The van der Waals surface area contributed by atoms with Crippen molar-refractivity contribution in [2.24, 2.45) is 0 Å². The predicted octanol–water partition coefficient (Wildman–Crippen LogP) is 5.64. The lowest BCUT2D eigenvalue weighted by atomic mass is 10.1. The Kier molecular flexibility index (Phi) is 5.54. The Balaban J connectivity index is 1.61. The molecule has 4 rings (SSSR count). The highest BCUT2D eigenvalue weighted by molar-refractivity contribution is 7.22. The minimum Gasteiger partial charge on any atom is -0.495 e. The summed E-state index contributed by atoms with van der Waals surface area (Å²) in [5.41, 5.74) is 5.60. The fraction of sp³-hybridized carbons (Fsp3) is 0.217. The molecule has 5 nitrogen and oxygen atoms in total. The number of methoxy groups -OCH3 is 1. The average molecular weight is 440 g/mol. The number of fused-ring (bicyclic) bond motifs is 1. The quantitative estimate of drug-likeness (QED) is 0.404. The van der Waals surface area contributed by atoms with Gasteiger partial charge in [-0.1, -0.05) is 23.7 Å². The molecule has 7 heteroatoms. The minimum atomic E-state index is -0.0527. The van der Waals surface area contributed by atoms with E-state index in [9.17, 15) is 4.79 Å². The van der Waals surface area contributed by atoms with Gasteiger partial charge in [0, 0.05) is 30.5 Å². The lowest BCUT2D eigenvalue weighted by Crippen LogP contribution is -2.26. The molecule has 0 N–H and O–H groups in total. The van der Waals surface area contributed by atoms with Gasteiger partial charge in [-0.05, 0) is 55.8 Å². The maximum Gasteiger partial charge on any atom is 0.253 e. The van der Waals surface area contributed by atoms with E-state index in [2.05, 4.69) is 29.5 Å². The third kappa shape index (κ3) is 3.68. The second kappa shape index (κ2) is 8.13. The zero-order valence-corrected chi connectivity index (χ0v) is 18.8. The summed E-state index contributed by atoms with van der Waals surface area (Å²) < 4.78 is 9.15. The van der Waals surface area contributed by atoms with Gasteiger partial charge >= 0.3 is 0 Å². The summed E-state index contributed by atoms with van der Waals surface area (Å²) in [6.07, 6.45) is 0. The van der Waals surface area contributed by atoms with E-state index in [0.717, 1.165) is 38.6 Å². The zero-order chi connectivity index (χ0) is 21.4. The molecule has 1 amide bonds. The summed E-state index contributed by atoms with van der Waals surface area (Å²) in [5, 5.41) is 0. The fourth-order valence-electron chi connectivity index (χ4n) is 3.75. The van der Waals surface area contributed by atoms with Crippen LogP contribution < -0.4 is 4.74 Å². The molecule has 0 aliphatic carbocycles. The van der Waals surface area contributed by atoms with Gasteiger partial charge in [-0.15, -0.1) is 11.3 Å². The van der Waals surface area contributed by atoms with Gasteiger partial charge in [0.15, 0.2) is 4.47 Å². The highest BCUT2D eigenvalue weighted by Crippen LogP contribution is 2.29. The van der Waals surface area contributed by atoms with Gasteiger partial charge in [0.05, 0.1) is 23.0 Å². The number of aromatic nitrogens is 2. The summed E-state index contributed by atoms with van der Waals surface area (Å²) in [7, 11) is 3.49. The third-order valence-electron chi connectivity index (χ3n) is 5.22. The number of hydrogen-bond donors (Lipinski definition) is 0. The van der Waals surface area contributed by atoms with Crippen molar-refractivity contribution in [3.05, 3.63) is 75.5 Å². The maximum atomic E-state index is 13.0. The van der Waals surface area contributed by atoms with E-state index in [0.29, 0.717) is 16.6 Å². The SMILES string of the molecule is COc1ccccc1-n1c(C)cc(CN(C)C(=O)c2ccc3sc(Cl)nc3c2)c1C. The van der Waals surface area contributed by atoms with Gasteiger partial charge in [0.1, 0.15) is 5.75 Å².